The largest absolute Gasteiger partial charge is 0.458 e. The van der Waals surface area contributed by atoms with E-state index in [0.717, 1.165) is 6.42 Å². The van der Waals surface area contributed by atoms with Crippen LogP contribution in [0.5, 0.6) is 0 Å². The number of amides is 1. The predicted octanol–water partition coefficient (Wildman–Crippen LogP) is 0.700. The van der Waals surface area contributed by atoms with E-state index in [-0.39, 0.29) is 5.97 Å². The zero-order valence-electron chi connectivity index (χ0n) is 10.9. The Labute approximate surface area is 102 Å². The van der Waals surface area contributed by atoms with Gasteiger partial charge in [0.25, 0.3) is 5.91 Å². The Morgan fingerprint density at radius 1 is 1.41 bits per heavy atom. The van der Waals surface area contributed by atoms with Crippen molar-refractivity contribution in [1.82, 2.24) is 4.90 Å². The number of carbonyl (C=O) groups is 2. The molecule has 0 aromatic carbocycles. The van der Waals surface area contributed by atoms with Gasteiger partial charge in [0.05, 0.1) is 0 Å². The van der Waals surface area contributed by atoms with E-state index in [1.807, 2.05) is 0 Å². The highest BCUT2D eigenvalue weighted by molar-refractivity contribution is 5.87. The first-order chi connectivity index (χ1) is 7.72. The summed E-state index contributed by atoms with van der Waals surface area (Å²) in [5, 5.41) is 9.27. The van der Waals surface area contributed by atoms with Crippen molar-refractivity contribution in [3.63, 3.8) is 0 Å². The van der Waals surface area contributed by atoms with Gasteiger partial charge in [-0.1, -0.05) is 0 Å². The second-order valence-electron chi connectivity index (χ2n) is 5.40. The number of esters is 1. The fraction of sp³-hybridized carbons (Fsp3) is 0.833. The molecule has 0 radical (unpaired) electrons. The average Bonchev–Trinajstić information content (AvgIpc) is 2.61. The van der Waals surface area contributed by atoms with Crippen LogP contribution in [0.3, 0.4) is 0 Å². The van der Waals surface area contributed by atoms with Crippen LogP contribution in [-0.2, 0) is 14.3 Å². The lowest BCUT2D eigenvalue weighted by Crippen LogP contribution is -2.46. The third-order valence-corrected chi connectivity index (χ3v) is 2.57. The molecule has 1 aliphatic rings. The van der Waals surface area contributed by atoms with Crippen molar-refractivity contribution in [2.75, 3.05) is 6.54 Å². The van der Waals surface area contributed by atoms with Crippen molar-refractivity contribution in [3.05, 3.63) is 0 Å². The van der Waals surface area contributed by atoms with Gasteiger partial charge in [0.15, 0.2) is 0 Å². The molecule has 0 aromatic heterocycles. The smallest absolute Gasteiger partial charge is 0.329 e. The van der Waals surface area contributed by atoms with Crippen LogP contribution in [0.4, 0.5) is 0 Å². The summed E-state index contributed by atoms with van der Waals surface area (Å²) in [6.07, 6.45) is 0.300. The van der Waals surface area contributed by atoms with Crippen molar-refractivity contribution >= 4 is 11.9 Å². The fourth-order valence-electron chi connectivity index (χ4n) is 1.89. The van der Waals surface area contributed by atoms with E-state index in [2.05, 4.69) is 0 Å². The molecular weight excluding hydrogens is 222 g/mol. The molecule has 1 rings (SSSR count). The number of hydrogen-bond donors (Lipinski definition) is 1. The molecule has 1 saturated heterocycles. The summed E-state index contributed by atoms with van der Waals surface area (Å²) in [6, 6.07) is -0.545. The lowest BCUT2D eigenvalue weighted by atomic mass is 10.1. The molecule has 1 aliphatic heterocycles. The Hall–Kier alpha value is -1.10. The summed E-state index contributed by atoms with van der Waals surface area (Å²) in [4.78, 5) is 25.0. The number of hydrogen-bond acceptors (Lipinski definition) is 4. The van der Waals surface area contributed by atoms with Crippen molar-refractivity contribution in [1.29, 1.82) is 0 Å². The Balaban J connectivity index is 2.70. The molecule has 98 valence electrons. The number of carbonyl (C=O) groups excluding carboxylic acids is 2. The minimum atomic E-state index is -1.07. The van der Waals surface area contributed by atoms with Gasteiger partial charge < -0.3 is 14.7 Å². The molecule has 0 saturated carbocycles. The molecule has 0 bridgehead atoms. The van der Waals surface area contributed by atoms with E-state index in [4.69, 9.17) is 4.74 Å². The quantitative estimate of drug-likeness (QED) is 0.725. The van der Waals surface area contributed by atoms with Crippen molar-refractivity contribution in [2.24, 2.45) is 0 Å². The minimum Gasteiger partial charge on any atom is -0.458 e. The molecule has 1 fully saturated rings. The topological polar surface area (TPSA) is 66.8 Å². The van der Waals surface area contributed by atoms with Gasteiger partial charge in [0, 0.05) is 6.54 Å². The molecule has 1 amide bonds. The standard InChI is InChI=1S/C12H21NO4/c1-8(14)10(15)13-7-5-6-9(13)11(16)17-12(2,3)4/h8-9,14H,5-7H2,1-4H3/t8-,9+/m1/s1. The summed E-state index contributed by atoms with van der Waals surface area (Å²) in [6.45, 7) is 7.29. The Morgan fingerprint density at radius 2 is 2.00 bits per heavy atom. The highest BCUT2D eigenvalue weighted by Gasteiger charge is 2.37. The number of rotatable bonds is 2. The first-order valence-corrected chi connectivity index (χ1v) is 5.94. The van der Waals surface area contributed by atoms with E-state index < -0.39 is 23.7 Å². The summed E-state index contributed by atoms with van der Waals surface area (Å²) in [7, 11) is 0. The van der Waals surface area contributed by atoms with E-state index in [9.17, 15) is 14.7 Å². The van der Waals surface area contributed by atoms with Crippen molar-refractivity contribution < 1.29 is 19.4 Å². The minimum absolute atomic E-state index is 0.385. The monoisotopic (exact) mass is 243 g/mol. The van der Waals surface area contributed by atoms with E-state index in [1.54, 1.807) is 20.8 Å². The summed E-state index contributed by atoms with van der Waals surface area (Å²) in [5.41, 5.74) is -0.556. The number of aliphatic hydroxyl groups is 1. The maximum atomic E-state index is 11.9. The second-order valence-corrected chi connectivity index (χ2v) is 5.40. The highest BCUT2D eigenvalue weighted by atomic mass is 16.6. The van der Waals surface area contributed by atoms with Gasteiger partial charge in [-0.3, -0.25) is 4.79 Å². The van der Waals surface area contributed by atoms with Gasteiger partial charge in [-0.25, -0.2) is 4.79 Å². The fourth-order valence-corrected chi connectivity index (χ4v) is 1.89. The molecule has 0 aliphatic carbocycles. The van der Waals surface area contributed by atoms with E-state index in [0.29, 0.717) is 13.0 Å². The lowest BCUT2D eigenvalue weighted by Gasteiger charge is -2.28. The van der Waals surface area contributed by atoms with Crippen molar-refractivity contribution in [3.8, 4) is 0 Å². The zero-order valence-corrected chi connectivity index (χ0v) is 10.9. The maximum absolute atomic E-state index is 11.9. The molecule has 17 heavy (non-hydrogen) atoms. The molecule has 0 aromatic rings. The Kier molecular flexibility index (Phi) is 4.14. The summed E-state index contributed by atoms with van der Waals surface area (Å²) >= 11 is 0. The second kappa shape index (κ2) is 5.04. The summed E-state index contributed by atoms with van der Waals surface area (Å²) < 4.78 is 5.27. The molecule has 5 heteroatoms. The molecule has 0 unspecified atom stereocenters. The third-order valence-electron chi connectivity index (χ3n) is 2.57. The van der Waals surface area contributed by atoms with Crippen molar-refractivity contribution in [2.45, 2.75) is 58.3 Å². The van der Waals surface area contributed by atoms with Crippen LogP contribution in [0.25, 0.3) is 0 Å². The molecule has 0 spiro atoms. The van der Waals surface area contributed by atoms with Gasteiger partial charge in [-0.05, 0) is 40.5 Å². The average molecular weight is 243 g/mol. The number of likely N-dealkylation sites (tertiary alicyclic amines) is 1. The van der Waals surface area contributed by atoms with Gasteiger partial charge in [0.2, 0.25) is 0 Å². The van der Waals surface area contributed by atoms with E-state index in [1.165, 1.54) is 11.8 Å². The van der Waals surface area contributed by atoms with Crippen LogP contribution in [0.1, 0.15) is 40.5 Å². The Morgan fingerprint density at radius 3 is 2.47 bits per heavy atom. The molecule has 2 atom stereocenters. The van der Waals surface area contributed by atoms with Gasteiger partial charge in [0.1, 0.15) is 17.7 Å². The molecular formula is C12H21NO4. The van der Waals surface area contributed by atoms with Crippen LogP contribution < -0.4 is 0 Å². The van der Waals surface area contributed by atoms with Gasteiger partial charge in [-0.2, -0.15) is 0 Å². The van der Waals surface area contributed by atoms with Crippen LogP contribution in [0.15, 0.2) is 0 Å². The van der Waals surface area contributed by atoms with Gasteiger partial charge >= 0.3 is 5.97 Å². The Bertz CT molecular complexity index is 306. The molecule has 1 N–H and O–H groups in total. The van der Waals surface area contributed by atoms with Gasteiger partial charge in [-0.15, -0.1) is 0 Å². The summed E-state index contributed by atoms with van der Waals surface area (Å²) in [5.74, 6) is -0.789. The number of ether oxygens (including phenoxy) is 1. The highest BCUT2D eigenvalue weighted by Crippen LogP contribution is 2.21. The molecule has 5 nitrogen and oxygen atoms in total. The van der Waals surface area contributed by atoms with Crippen LogP contribution >= 0.6 is 0 Å². The third kappa shape index (κ3) is 3.70. The SMILES string of the molecule is C[C@@H](O)C(=O)N1CCC[C@H]1C(=O)OC(C)(C)C. The van der Waals surface area contributed by atoms with E-state index >= 15 is 0 Å². The predicted molar refractivity (Wildman–Crippen MR) is 62.3 cm³/mol. The zero-order chi connectivity index (χ0) is 13.2. The number of nitrogens with zero attached hydrogens (tertiary/aromatic N) is 1. The van der Waals surface area contributed by atoms with Crippen LogP contribution in [-0.4, -0.2) is 46.2 Å². The lowest BCUT2D eigenvalue weighted by molar-refractivity contribution is -0.164. The maximum Gasteiger partial charge on any atom is 0.329 e. The van der Waals surface area contributed by atoms with Crippen LogP contribution in [0.2, 0.25) is 0 Å². The first kappa shape index (κ1) is 14.0. The normalized spacial score (nSPS) is 22.4. The number of aliphatic hydroxyl groups excluding tert-OH is 1. The first-order valence-electron chi connectivity index (χ1n) is 5.94. The van der Waals surface area contributed by atoms with Crippen LogP contribution in [0, 0.1) is 0 Å². The molecule has 1 heterocycles.